The van der Waals surface area contributed by atoms with Gasteiger partial charge in [-0.3, -0.25) is 0 Å². The molecule has 1 fully saturated rings. The van der Waals surface area contributed by atoms with Crippen LogP contribution in [0.4, 0.5) is 0 Å². The van der Waals surface area contributed by atoms with E-state index in [0.717, 1.165) is 38.5 Å². The van der Waals surface area contributed by atoms with Crippen LogP contribution in [0.3, 0.4) is 0 Å². The van der Waals surface area contributed by atoms with Crippen molar-refractivity contribution in [3.05, 3.63) is 0 Å². The van der Waals surface area contributed by atoms with Crippen molar-refractivity contribution in [3.8, 4) is 0 Å². The van der Waals surface area contributed by atoms with Gasteiger partial charge in [-0.1, -0.05) is 128 Å². The smallest absolute Gasteiger partial charge is 0.279 e. The van der Waals surface area contributed by atoms with Crippen molar-refractivity contribution in [2.45, 2.75) is 177 Å². The molecule has 0 aromatic rings. The predicted octanol–water partition coefficient (Wildman–Crippen LogP) is 4.09. The fourth-order valence-electron chi connectivity index (χ4n) is 5.19. The van der Waals surface area contributed by atoms with Gasteiger partial charge < -0.3 is 40.9 Å². The van der Waals surface area contributed by atoms with Crippen molar-refractivity contribution in [2.75, 3.05) is 0 Å². The molecule has 216 valence electrons. The average molecular weight is 521 g/mol. The molecule has 1 saturated carbocycles. The first-order valence-electron chi connectivity index (χ1n) is 14.7. The van der Waals surface area contributed by atoms with Gasteiger partial charge in [0.15, 0.2) is 0 Å². The summed E-state index contributed by atoms with van der Waals surface area (Å²) in [5.41, 5.74) is 0. The summed E-state index contributed by atoms with van der Waals surface area (Å²) in [6, 6.07) is 0. The van der Waals surface area contributed by atoms with Crippen LogP contribution in [0.15, 0.2) is 0 Å². The molecule has 0 unspecified atom stereocenters. The largest absolute Gasteiger partial charge is 0.361 e. The number of rotatable bonds is 0. The molecule has 8 heteroatoms. The third-order valence-corrected chi connectivity index (χ3v) is 7.90. The Labute approximate surface area is 218 Å². The predicted molar refractivity (Wildman–Crippen MR) is 139 cm³/mol. The second kappa shape index (κ2) is 17.3. The van der Waals surface area contributed by atoms with Crippen molar-refractivity contribution in [1.29, 1.82) is 0 Å². The Balaban J connectivity index is 2.59. The van der Waals surface area contributed by atoms with E-state index in [1.54, 1.807) is 0 Å². The van der Waals surface area contributed by atoms with Crippen LogP contribution in [0, 0.1) is 0 Å². The SMILES string of the molecule is OC1(O)CCCCCCCCCCCCCCCCCCCCCCCCC(O)(O)C(O)(O)C1(O)O. The maximum absolute atomic E-state index is 10.3. The van der Waals surface area contributed by atoms with E-state index in [1.165, 1.54) is 77.0 Å². The standard InChI is InChI=1S/C28H56O8/c29-25(30)23-21-19-17-15-13-11-9-7-5-3-1-2-4-6-8-10-12-14-16-18-20-22-24-26(31,32)28(35,36)27(25,33)34/h29-36H,1-24H2. The van der Waals surface area contributed by atoms with Crippen LogP contribution < -0.4 is 0 Å². The van der Waals surface area contributed by atoms with Crippen LogP contribution in [0.25, 0.3) is 0 Å². The van der Waals surface area contributed by atoms with E-state index in [-0.39, 0.29) is 12.8 Å². The van der Waals surface area contributed by atoms with Gasteiger partial charge in [-0.05, 0) is 12.8 Å². The minimum absolute atomic E-state index is 0.204. The van der Waals surface area contributed by atoms with Crippen LogP contribution in [0.2, 0.25) is 0 Å². The van der Waals surface area contributed by atoms with Gasteiger partial charge in [-0.25, -0.2) is 0 Å². The highest BCUT2D eigenvalue weighted by Crippen LogP contribution is 2.39. The maximum Gasteiger partial charge on any atom is 0.279 e. The molecule has 1 aliphatic carbocycles. The first-order chi connectivity index (χ1) is 17.0. The Bertz CT molecular complexity index is 500. The van der Waals surface area contributed by atoms with Gasteiger partial charge in [0, 0.05) is 12.8 Å². The molecule has 0 radical (unpaired) electrons. The monoisotopic (exact) mass is 520 g/mol. The highest BCUT2D eigenvalue weighted by molar-refractivity contribution is 5.00. The van der Waals surface area contributed by atoms with Crippen LogP contribution in [-0.2, 0) is 0 Å². The van der Waals surface area contributed by atoms with E-state index in [1.807, 2.05) is 0 Å². The summed E-state index contributed by atoms with van der Waals surface area (Å²) in [5.74, 6) is -14.6. The molecule has 0 heterocycles. The fourth-order valence-corrected chi connectivity index (χ4v) is 5.19. The lowest BCUT2D eigenvalue weighted by Gasteiger charge is -2.47. The summed E-state index contributed by atoms with van der Waals surface area (Å²) < 4.78 is 0. The quantitative estimate of drug-likeness (QED) is 0.222. The zero-order valence-electron chi connectivity index (χ0n) is 22.5. The Hall–Kier alpha value is -0.320. The minimum Gasteiger partial charge on any atom is -0.361 e. The van der Waals surface area contributed by atoms with Gasteiger partial charge in [0.2, 0.25) is 11.6 Å². The average Bonchev–Trinajstić information content (AvgIpc) is 2.80. The summed E-state index contributed by atoms with van der Waals surface area (Å²) in [6.07, 6.45) is 21.7. The Morgan fingerprint density at radius 3 is 0.528 bits per heavy atom. The molecule has 0 aromatic heterocycles. The van der Waals surface area contributed by atoms with E-state index in [4.69, 9.17) is 0 Å². The van der Waals surface area contributed by atoms with Crippen LogP contribution in [0.1, 0.15) is 154 Å². The lowest BCUT2D eigenvalue weighted by atomic mass is 9.84. The van der Waals surface area contributed by atoms with Crippen molar-refractivity contribution in [3.63, 3.8) is 0 Å². The zero-order valence-corrected chi connectivity index (χ0v) is 22.5. The topological polar surface area (TPSA) is 162 Å². The number of aliphatic hydroxyl groups is 8. The Morgan fingerprint density at radius 2 is 0.361 bits per heavy atom. The molecule has 8 nitrogen and oxygen atoms in total. The van der Waals surface area contributed by atoms with Crippen LogP contribution in [0.5, 0.6) is 0 Å². The zero-order chi connectivity index (χ0) is 27.0. The molecule has 0 saturated heterocycles. The molecule has 0 amide bonds. The van der Waals surface area contributed by atoms with E-state index in [9.17, 15) is 40.9 Å². The molecule has 1 rings (SSSR count). The fraction of sp³-hybridized carbons (Fsp3) is 1.00. The molecule has 0 aromatic carbocycles. The van der Waals surface area contributed by atoms with E-state index in [2.05, 4.69) is 0 Å². The van der Waals surface area contributed by atoms with E-state index < -0.39 is 36.0 Å². The summed E-state index contributed by atoms with van der Waals surface area (Å²) >= 11 is 0. The second-order valence-electron chi connectivity index (χ2n) is 11.3. The van der Waals surface area contributed by atoms with Crippen LogP contribution in [-0.4, -0.2) is 64.0 Å². The molecular weight excluding hydrogens is 464 g/mol. The van der Waals surface area contributed by atoms with Gasteiger partial charge in [-0.15, -0.1) is 0 Å². The maximum atomic E-state index is 10.3. The van der Waals surface area contributed by atoms with E-state index in [0.29, 0.717) is 12.8 Å². The summed E-state index contributed by atoms with van der Waals surface area (Å²) in [7, 11) is 0. The first-order valence-corrected chi connectivity index (χ1v) is 14.7. The lowest BCUT2D eigenvalue weighted by molar-refractivity contribution is -0.507. The van der Waals surface area contributed by atoms with Gasteiger partial charge in [0.1, 0.15) is 0 Å². The summed E-state index contributed by atoms with van der Waals surface area (Å²) in [5, 5.41) is 81.9. The minimum atomic E-state index is -3.97. The van der Waals surface area contributed by atoms with Crippen molar-refractivity contribution in [1.82, 2.24) is 0 Å². The Morgan fingerprint density at radius 1 is 0.222 bits per heavy atom. The molecule has 0 atom stereocenters. The molecule has 0 spiro atoms. The lowest BCUT2D eigenvalue weighted by Crippen LogP contribution is -2.76. The summed E-state index contributed by atoms with van der Waals surface area (Å²) in [4.78, 5) is 0. The molecule has 0 bridgehead atoms. The van der Waals surface area contributed by atoms with Gasteiger partial charge in [0.05, 0.1) is 0 Å². The first kappa shape index (κ1) is 33.7. The normalized spacial score (nSPS) is 27.3. The molecule has 8 N–H and O–H groups in total. The second-order valence-corrected chi connectivity index (χ2v) is 11.3. The third-order valence-electron chi connectivity index (χ3n) is 7.90. The molecule has 0 aliphatic heterocycles. The third kappa shape index (κ3) is 11.6. The van der Waals surface area contributed by atoms with Gasteiger partial charge >= 0.3 is 0 Å². The Kier molecular flexibility index (Phi) is 16.2. The van der Waals surface area contributed by atoms with E-state index >= 15 is 0 Å². The highest BCUT2D eigenvalue weighted by atomic mass is 16.7. The molecular formula is C28H56O8. The van der Waals surface area contributed by atoms with Crippen molar-refractivity contribution < 1.29 is 40.9 Å². The van der Waals surface area contributed by atoms with Crippen molar-refractivity contribution in [2.24, 2.45) is 0 Å². The summed E-state index contributed by atoms with van der Waals surface area (Å²) in [6.45, 7) is 0. The van der Waals surface area contributed by atoms with Gasteiger partial charge in [-0.2, -0.15) is 0 Å². The molecule has 36 heavy (non-hydrogen) atoms. The number of hydrogen-bond donors (Lipinski definition) is 8. The number of hydrogen-bond acceptors (Lipinski definition) is 8. The van der Waals surface area contributed by atoms with Crippen molar-refractivity contribution >= 4 is 0 Å². The van der Waals surface area contributed by atoms with Gasteiger partial charge in [0.25, 0.3) is 11.6 Å². The van der Waals surface area contributed by atoms with Crippen LogP contribution >= 0.6 is 0 Å². The highest BCUT2D eigenvalue weighted by Gasteiger charge is 2.69. The molecule has 1 aliphatic rings.